The predicted octanol–water partition coefficient (Wildman–Crippen LogP) is 3.66. The number of nitrogens with one attached hydrogen (secondary N) is 1. The van der Waals surface area contributed by atoms with Crippen LogP contribution in [-0.2, 0) is 13.1 Å². The van der Waals surface area contributed by atoms with Crippen LogP contribution >= 0.6 is 0 Å². The van der Waals surface area contributed by atoms with Gasteiger partial charge in [-0.2, -0.15) is 0 Å². The minimum atomic E-state index is -0.344. The standard InChI is InChI=1S/C22H23N3O2/c1-14(2)11-25-19-13-24(15(3)20(19)21(26)23-22(25)27)12-17-9-6-8-16-7-4-5-10-18(16)17/h4-10,13-14H,11-12H2,1-3H3,(H,23,26,27). The molecule has 0 atom stereocenters. The Hall–Kier alpha value is -3.08. The maximum absolute atomic E-state index is 12.5. The van der Waals surface area contributed by atoms with Gasteiger partial charge < -0.3 is 4.57 Å². The first-order valence-electron chi connectivity index (χ1n) is 9.25. The molecule has 138 valence electrons. The van der Waals surface area contributed by atoms with Crippen LogP contribution in [0.4, 0.5) is 0 Å². The summed E-state index contributed by atoms with van der Waals surface area (Å²) in [7, 11) is 0. The highest BCUT2D eigenvalue weighted by Crippen LogP contribution is 2.23. The van der Waals surface area contributed by atoms with Gasteiger partial charge in [-0.3, -0.25) is 14.3 Å². The van der Waals surface area contributed by atoms with Gasteiger partial charge >= 0.3 is 5.69 Å². The third-order valence-electron chi connectivity index (χ3n) is 5.08. The molecule has 0 amide bonds. The molecule has 0 bridgehead atoms. The van der Waals surface area contributed by atoms with Crippen molar-refractivity contribution in [2.45, 2.75) is 33.9 Å². The fourth-order valence-electron chi connectivity index (χ4n) is 3.78. The molecule has 0 saturated carbocycles. The van der Waals surface area contributed by atoms with E-state index in [-0.39, 0.29) is 11.2 Å². The summed E-state index contributed by atoms with van der Waals surface area (Å²) in [6.45, 7) is 7.28. The van der Waals surface area contributed by atoms with E-state index in [2.05, 4.69) is 53.7 Å². The molecule has 2 aromatic carbocycles. The second-order valence-corrected chi connectivity index (χ2v) is 7.50. The lowest BCUT2D eigenvalue weighted by atomic mass is 10.0. The van der Waals surface area contributed by atoms with Crippen molar-refractivity contribution < 1.29 is 0 Å². The smallest absolute Gasteiger partial charge is 0.328 e. The maximum atomic E-state index is 12.5. The molecule has 27 heavy (non-hydrogen) atoms. The van der Waals surface area contributed by atoms with Crippen LogP contribution in [0.2, 0.25) is 0 Å². The van der Waals surface area contributed by atoms with Gasteiger partial charge in [0.25, 0.3) is 5.56 Å². The molecule has 1 N–H and O–H groups in total. The number of aromatic amines is 1. The Morgan fingerprint density at radius 3 is 2.56 bits per heavy atom. The van der Waals surface area contributed by atoms with Crippen molar-refractivity contribution in [2.24, 2.45) is 5.92 Å². The number of hydrogen-bond acceptors (Lipinski definition) is 2. The molecule has 4 aromatic rings. The lowest BCUT2D eigenvalue weighted by molar-refractivity contribution is 0.515. The van der Waals surface area contributed by atoms with Gasteiger partial charge in [-0.15, -0.1) is 0 Å². The van der Waals surface area contributed by atoms with Crippen LogP contribution in [0.15, 0.2) is 58.3 Å². The number of hydrogen-bond donors (Lipinski definition) is 1. The molecule has 0 aliphatic rings. The SMILES string of the molecule is Cc1c2c(=O)[nH]c(=O)n(CC(C)C)c2cn1Cc1cccc2ccccc12. The molecule has 0 radical (unpaired) electrons. The normalized spacial score (nSPS) is 11.7. The topological polar surface area (TPSA) is 59.8 Å². The Morgan fingerprint density at radius 1 is 1.04 bits per heavy atom. The first-order valence-corrected chi connectivity index (χ1v) is 9.25. The van der Waals surface area contributed by atoms with E-state index in [1.165, 1.54) is 16.3 Å². The van der Waals surface area contributed by atoms with E-state index in [9.17, 15) is 9.59 Å². The van der Waals surface area contributed by atoms with Crippen molar-refractivity contribution in [1.82, 2.24) is 14.1 Å². The maximum Gasteiger partial charge on any atom is 0.328 e. The minimum absolute atomic E-state index is 0.304. The van der Waals surface area contributed by atoms with Gasteiger partial charge in [0.2, 0.25) is 0 Å². The van der Waals surface area contributed by atoms with Gasteiger partial charge in [-0.25, -0.2) is 4.79 Å². The molecule has 2 heterocycles. The Labute approximate surface area is 156 Å². The summed E-state index contributed by atoms with van der Waals surface area (Å²) in [6, 6.07) is 14.5. The zero-order valence-corrected chi connectivity index (χ0v) is 15.8. The molecule has 0 aliphatic heterocycles. The Bertz CT molecular complexity index is 1250. The summed E-state index contributed by atoms with van der Waals surface area (Å²) in [5.74, 6) is 0.304. The molecule has 0 unspecified atom stereocenters. The van der Waals surface area contributed by atoms with Crippen molar-refractivity contribution >= 4 is 21.7 Å². The number of benzene rings is 2. The van der Waals surface area contributed by atoms with Crippen molar-refractivity contribution in [2.75, 3.05) is 0 Å². The van der Waals surface area contributed by atoms with Crippen molar-refractivity contribution in [3.8, 4) is 0 Å². The monoisotopic (exact) mass is 361 g/mol. The van der Waals surface area contributed by atoms with Crippen LogP contribution in [0.1, 0.15) is 25.1 Å². The van der Waals surface area contributed by atoms with Crippen LogP contribution in [0.5, 0.6) is 0 Å². The Kier molecular flexibility index (Phi) is 4.22. The summed E-state index contributed by atoms with van der Waals surface area (Å²) >= 11 is 0. The third-order valence-corrected chi connectivity index (χ3v) is 5.08. The predicted molar refractivity (Wildman–Crippen MR) is 109 cm³/mol. The highest BCUT2D eigenvalue weighted by atomic mass is 16.2. The van der Waals surface area contributed by atoms with E-state index < -0.39 is 0 Å². The molecule has 5 heteroatoms. The largest absolute Gasteiger partial charge is 0.344 e. The molecule has 2 aromatic heterocycles. The summed E-state index contributed by atoms with van der Waals surface area (Å²) in [4.78, 5) is 27.3. The number of rotatable bonds is 4. The zero-order chi connectivity index (χ0) is 19.1. The van der Waals surface area contributed by atoms with Crippen LogP contribution in [0, 0.1) is 12.8 Å². The van der Waals surface area contributed by atoms with E-state index in [0.29, 0.717) is 29.9 Å². The quantitative estimate of drug-likeness (QED) is 0.603. The fraction of sp³-hybridized carbons (Fsp3) is 0.273. The first-order chi connectivity index (χ1) is 13.0. The average Bonchev–Trinajstić information content (AvgIpc) is 2.96. The van der Waals surface area contributed by atoms with Gasteiger partial charge in [0.05, 0.1) is 10.9 Å². The lowest BCUT2D eigenvalue weighted by Crippen LogP contribution is -2.31. The Morgan fingerprint density at radius 2 is 1.78 bits per heavy atom. The van der Waals surface area contributed by atoms with E-state index >= 15 is 0 Å². The number of fused-ring (bicyclic) bond motifs is 2. The van der Waals surface area contributed by atoms with Gasteiger partial charge in [0.15, 0.2) is 0 Å². The molecule has 0 aliphatic carbocycles. The Balaban J connectivity index is 1.90. The van der Waals surface area contributed by atoms with Crippen molar-refractivity contribution in [3.05, 3.63) is 80.8 Å². The molecule has 0 spiro atoms. The van der Waals surface area contributed by atoms with Crippen LogP contribution in [0.25, 0.3) is 21.7 Å². The third kappa shape index (κ3) is 2.99. The number of aryl methyl sites for hydroxylation is 1. The van der Waals surface area contributed by atoms with E-state index in [4.69, 9.17) is 0 Å². The van der Waals surface area contributed by atoms with E-state index in [0.717, 1.165) is 5.69 Å². The molecular formula is C22H23N3O2. The van der Waals surface area contributed by atoms with Crippen LogP contribution in [-0.4, -0.2) is 14.1 Å². The van der Waals surface area contributed by atoms with Gasteiger partial charge in [-0.1, -0.05) is 56.3 Å². The minimum Gasteiger partial charge on any atom is -0.344 e. The highest BCUT2D eigenvalue weighted by Gasteiger charge is 2.16. The summed E-state index contributed by atoms with van der Waals surface area (Å²) in [6.07, 6.45) is 1.94. The first kappa shape index (κ1) is 17.3. The lowest BCUT2D eigenvalue weighted by Gasteiger charge is -2.09. The molecule has 4 rings (SSSR count). The highest BCUT2D eigenvalue weighted by molar-refractivity contribution is 5.86. The second-order valence-electron chi connectivity index (χ2n) is 7.50. The molecular weight excluding hydrogens is 338 g/mol. The number of nitrogens with zero attached hydrogens (tertiary/aromatic N) is 2. The van der Waals surface area contributed by atoms with Crippen molar-refractivity contribution in [3.63, 3.8) is 0 Å². The van der Waals surface area contributed by atoms with Gasteiger partial charge in [-0.05, 0) is 29.2 Å². The zero-order valence-electron chi connectivity index (χ0n) is 15.8. The van der Waals surface area contributed by atoms with Gasteiger partial charge in [0, 0.05) is 25.0 Å². The van der Waals surface area contributed by atoms with Crippen LogP contribution < -0.4 is 11.2 Å². The second kappa shape index (κ2) is 6.58. The summed E-state index contributed by atoms with van der Waals surface area (Å²) < 4.78 is 3.74. The summed E-state index contributed by atoms with van der Waals surface area (Å²) in [5, 5.41) is 2.99. The van der Waals surface area contributed by atoms with E-state index in [1.807, 2.05) is 25.3 Å². The summed E-state index contributed by atoms with van der Waals surface area (Å²) in [5.41, 5.74) is 2.10. The average molecular weight is 361 g/mol. The number of aromatic nitrogens is 3. The van der Waals surface area contributed by atoms with E-state index in [1.54, 1.807) is 4.57 Å². The fourth-order valence-corrected chi connectivity index (χ4v) is 3.78. The van der Waals surface area contributed by atoms with Crippen LogP contribution in [0.3, 0.4) is 0 Å². The van der Waals surface area contributed by atoms with Gasteiger partial charge in [0.1, 0.15) is 0 Å². The molecule has 0 saturated heterocycles. The number of H-pyrrole nitrogens is 1. The molecule has 5 nitrogen and oxygen atoms in total. The van der Waals surface area contributed by atoms with Crippen molar-refractivity contribution in [1.29, 1.82) is 0 Å². The molecule has 0 fully saturated rings.